The van der Waals surface area contributed by atoms with Gasteiger partial charge in [-0.2, -0.15) is 0 Å². The lowest BCUT2D eigenvalue weighted by molar-refractivity contribution is 0.0287. The Morgan fingerprint density at radius 1 is 1.14 bits per heavy atom. The largest absolute Gasteiger partial charge is 0.315 e. The zero-order chi connectivity index (χ0) is 15.5. The van der Waals surface area contributed by atoms with Crippen LogP contribution in [0, 0.1) is 17.3 Å². The number of hydrogen-bond donors (Lipinski definition) is 1. The van der Waals surface area contributed by atoms with E-state index in [2.05, 4.69) is 45.0 Å². The molecule has 2 fully saturated rings. The van der Waals surface area contributed by atoms with Gasteiger partial charge in [0.1, 0.15) is 0 Å². The lowest BCUT2D eigenvalue weighted by Gasteiger charge is -2.49. The van der Waals surface area contributed by atoms with E-state index in [0.29, 0.717) is 11.5 Å². The van der Waals surface area contributed by atoms with Crippen LogP contribution in [0.3, 0.4) is 0 Å². The predicted octanol–water partition coefficient (Wildman–Crippen LogP) is 4.30. The Kier molecular flexibility index (Phi) is 6.14. The number of likely N-dealkylation sites (N-methyl/N-ethyl adjacent to an activating group) is 1. The Morgan fingerprint density at radius 3 is 2.52 bits per heavy atom. The average molecular weight is 295 g/mol. The van der Waals surface area contributed by atoms with Gasteiger partial charge in [0.05, 0.1) is 0 Å². The average Bonchev–Trinajstić information content (AvgIpc) is 2.54. The number of nitrogens with one attached hydrogen (secondary N) is 1. The van der Waals surface area contributed by atoms with Gasteiger partial charge < -0.3 is 5.32 Å². The van der Waals surface area contributed by atoms with Crippen molar-refractivity contribution in [2.75, 3.05) is 20.1 Å². The molecule has 2 nitrogen and oxygen atoms in total. The van der Waals surface area contributed by atoms with Gasteiger partial charge in [0.25, 0.3) is 0 Å². The predicted molar refractivity (Wildman–Crippen MR) is 92.6 cm³/mol. The molecule has 0 bridgehead atoms. The van der Waals surface area contributed by atoms with Crippen molar-refractivity contribution in [2.24, 2.45) is 17.3 Å². The van der Waals surface area contributed by atoms with Crippen LogP contribution in [0.5, 0.6) is 0 Å². The topological polar surface area (TPSA) is 15.3 Å². The number of hydrogen-bond acceptors (Lipinski definition) is 2. The quantitative estimate of drug-likeness (QED) is 0.813. The van der Waals surface area contributed by atoms with Crippen LogP contribution in [-0.4, -0.2) is 37.1 Å². The fourth-order valence-corrected chi connectivity index (χ4v) is 4.62. The maximum absolute atomic E-state index is 3.63. The highest BCUT2D eigenvalue weighted by molar-refractivity contribution is 4.95. The van der Waals surface area contributed by atoms with Crippen LogP contribution in [0.1, 0.15) is 72.6 Å². The third-order valence-corrected chi connectivity index (χ3v) is 6.80. The van der Waals surface area contributed by atoms with Gasteiger partial charge in [0, 0.05) is 18.6 Å². The van der Waals surface area contributed by atoms with Gasteiger partial charge in [-0.05, 0) is 62.9 Å². The highest BCUT2D eigenvalue weighted by atomic mass is 15.2. The molecule has 2 aliphatic rings. The normalized spacial score (nSPS) is 35.9. The summed E-state index contributed by atoms with van der Waals surface area (Å²) in [6.07, 6.45) is 9.71. The van der Waals surface area contributed by atoms with E-state index < -0.39 is 0 Å². The molecule has 4 unspecified atom stereocenters. The fraction of sp³-hybridized carbons (Fsp3) is 1.00. The molecule has 0 radical (unpaired) electrons. The minimum Gasteiger partial charge on any atom is -0.315 e. The molecule has 124 valence electrons. The van der Waals surface area contributed by atoms with Crippen LogP contribution < -0.4 is 5.32 Å². The molecule has 1 N–H and O–H groups in total. The SMILES string of the molecule is CCC1CCCN(C2CC(C(C)(C)CC)CCC2NC)C1. The Bertz CT molecular complexity index is 313. The van der Waals surface area contributed by atoms with Gasteiger partial charge in [-0.15, -0.1) is 0 Å². The first-order valence-corrected chi connectivity index (χ1v) is 9.43. The van der Waals surface area contributed by atoms with E-state index in [1.807, 2.05) is 0 Å². The molecule has 0 aromatic carbocycles. The minimum absolute atomic E-state index is 0.511. The number of rotatable bonds is 5. The number of nitrogens with zero attached hydrogens (tertiary/aromatic N) is 1. The van der Waals surface area contributed by atoms with Crippen molar-refractivity contribution < 1.29 is 0 Å². The highest BCUT2D eigenvalue weighted by Crippen LogP contribution is 2.42. The van der Waals surface area contributed by atoms with Crippen molar-refractivity contribution in [2.45, 2.75) is 84.7 Å². The van der Waals surface area contributed by atoms with Gasteiger partial charge in [0.2, 0.25) is 0 Å². The first-order chi connectivity index (χ1) is 10.0. The Balaban J connectivity index is 2.06. The van der Waals surface area contributed by atoms with E-state index in [1.165, 1.54) is 58.0 Å². The summed E-state index contributed by atoms with van der Waals surface area (Å²) in [6.45, 7) is 12.4. The third kappa shape index (κ3) is 4.01. The van der Waals surface area contributed by atoms with E-state index in [-0.39, 0.29) is 0 Å². The highest BCUT2D eigenvalue weighted by Gasteiger charge is 2.39. The summed E-state index contributed by atoms with van der Waals surface area (Å²) in [4.78, 5) is 2.84. The van der Waals surface area contributed by atoms with Crippen molar-refractivity contribution in [1.82, 2.24) is 10.2 Å². The summed E-state index contributed by atoms with van der Waals surface area (Å²) in [5.74, 6) is 1.84. The van der Waals surface area contributed by atoms with Crippen molar-refractivity contribution in [3.8, 4) is 0 Å². The second kappa shape index (κ2) is 7.46. The Morgan fingerprint density at radius 2 is 1.90 bits per heavy atom. The number of likely N-dealkylation sites (tertiary alicyclic amines) is 1. The molecular formula is C19H38N2. The van der Waals surface area contributed by atoms with Gasteiger partial charge in [0.15, 0.2) is 0 Å². The van der Waals surface area contributed by atoms with E-state index in [1.54, 1.807) is 0 Å². The van der Waals surface area contributed by atoms with Crippen LogP contribution in [-0.2, 0) is 0 Å². The van der Waals surface area contributed by atoms with E-state index >= 15 is 0 Å². The molecule has 0 aromatic rings. The van der Waals surface area contributed by atoms with E-state index in [9.17, 15) is 0 Å². The first-order valence-electron chi connectivity index (χ1n) is 9.43. The summed E-state index contributed by atoms with van der Waals surface area (Å²) in [5, 5.41) is 3.63. The minimum atomic E-state index is 0.511. The first kappa shape index (κ1) is 17.3. The second-order valence-corrected chi connectivity index (χ2v) is 8.23. The lowest BCUT2D eigenvalue weighted by atomic mass is 9.67. The van der Waals surface area contributed by atoms with E-state index in [4.69, 9.17) is 0 Å². The molecular weight excluding hydrogens is 256 g/mol. The van der Waals surface area contributed by atoms with Gasteiger partial charge >= 0.3 is 0 Å². The molecule has 1 saturated carbocycles. The maximum atomic E-state index is 3.63. The summed E-state index contributed by atoms with van der Waals surface area (Å²) in [6, 6.07) is 1.48. The van der Waals surface area contributed by atoms with Crippen LogP contribution in [0.2, 0.25) is 0 Å². The molecule has 21 heavy (non-hydrogen) atoms. The molecule has 0 amide bonds. The van der Waals surface area contributed by atoms with Gasteiger partial charge in [-0.3, -0.25) is 4.90 Å². The molecule has 1 aliphatic carbocycles. The van der Waals surface area contributed by atoms with Crippen molar-refractivity contribution in [3.05, 3.63) is 0 Å². The molecule has 1 saturated heterocycles. The fourth-order valence-electron chi connectivity index (χ4n) is 4.62. The zero-order valence-electron chi connectivity index (χ0n) is 15.1. The third-order valence-electron chi connectivity index (χ3n) is 6.80. The van der Waals surface area contributed by atoms with Crippen LogP contribution >= 0.6 is 0 Å². The molecule has 1 heterocycles. The van der Waals surface area contributed by atoms with Crippen molar-refractivity contribution in [3.63, 3.8) is 0 Å². The summed E-state index contributed by atoms with van der Waals surface area (Å²) in [5.41, 5.74) is 0.511. The molecule has 0 spiro atoms. The molecule has 1 aliphatic heterocycles. The Labute approximate surface area is 133 Å². The molecule has 4 atom stereocenters. The smallest absolute Gasteiger partial charge is 0.0252 e. The maximum Gasteiger partial charge on any atom is 0.0252 e. The molecule has 0 aromatic heterocycles. The number of piperidine rings is 1. The molecule has 2 rings (SSSR count). The summed E-state index contributed by atoms with van der Waals surface area (Å²) >= 11 is 0. The standard InChI is InChI=1S/C19H38N2/c1-6-15-9-8-12-21(14-15)18-13-16(19(3,4)7-2)10-11-17(18)20-5/h15-18,20H,6-14H2,1-5H3. The Hall–Kier alpha value is -0.0800. The van der Waals surface area contributed by atoms with E-state index in [0.717, 1.165) is 17.9 Å². The summed E-state index contributed by atoms with van der Waals surface area (Å²) in [7, 11) is 2.17. The molecule has 2 heteroatoms. The van der Waals surface area contributed by atoms with Gasteiger partial charge in [-0.1, -0.05) is 40.5 Å². The lowest BCUT2D eigenvalue weighted by Crippen LogP contribution is -2.56. The van der Waals surface area contributed by atoms with Crippen molar-refractivity contribution >= 4 is 0 Å². The van der Waals surface area contributed by atoms with Gasteiger partial charge in [-0.25, -0.2) is 0 Å². The van der Waals surface area contributed by atoms with Crippen LogP contribution in [0.25, 0.3) is 0 Å². The second-order valence-electron chi connectivity index (χ2n) is 8.23. The van der Waals surface area contributed by atoms with Crippen LogP contribution in [0.15, 0.2) is 0 Å². The van der Waals surface area contributed by atoms with Crippen molar-refractivity contribution in [1.29, 1.82) is 0 Å². The zero-order valence-corrected chi connectivity index (χ0v) is 15.1. The van der Waals surface area contributed by atoms with Crippen LogP contribution in [0.4, 0.5) is 0 Å². The monoisotopic (exact) mass is 294 g/mol. The summed E-state index contributed by atoms with van der Waals surface area (Å²) < 4.78 is 0.